The van der Waals surface area contributed by atoms with E-state index >= 15 is 0 Å². The molecule has 1 aromatic carbocycles. The lowest BCUT2D eigenvalue weighted by Crippen LogP contribution is -2.17. The predicted octanol–water partition coefficient (Wildman–Crippen LogP) is 3.55. The Hall–Kier alpha value is -2.72. The van der Waals surface area contributed by atoms with Crippen molar-refractivity contribution >= 4 is 40.1 Å². The van der Waals surface area contributed by atoms with Gasteiger partial charge in [0.2, 0.25) is 0 Å². The molecule has 0 aliphatic heterocycles. The summed E-state index contributed by atoms with van der Waals surface area (Å²) >= 11 is 2.58. The van der Waals surface area contributed by atoms with Crippen molar-refractivity contribution in [1.29, 1.82) is 0 Å². The lowest BCUT2D eigenvalue weighted by atomic mass is 10.3. The third-order valence-electron chi connectivity index (χ3n) is 3.63. The number of thiazole rings is 1. The van der Waals surface area contributed by atoms with Crippen LogP contribution in [0.1, 0.15) is 23.1 Å². The van der Waals surface area contributed by atoms with E-state index in [0.717, 1.165) is 0 Å². The van der Waals surface area contributed by atoms with E-state index < -0.39 is 5.91 Å². The average molecular weight is 420 g/mol. The van der Waals surface area contributed by atoms with Crippen molar-refractivity contribution in [2.75, 3.05) is 18.2 Å². The fourth-order valence-corrected chi connectivity index (χ4v) is 3.70. The maximum absolute atomic E-state index is 13.2. The third-order valence-corrected chi connectivity index (χ3v) is 5.09. The van der Waals surface area contributed by atoms with E-state index in [4.69, 9.17) is 4.74 Å². The molecule has 0 radical (unpaired) electrons. The van der Waals surface area contributed by atoms with Crippen molar-refractivity contribution in [2.45, 2.75) is 18.5 Å². The highest BCUT2D eigenvalue weighted by molar-refractivity contribution is 7.98. The molecule has 0 bridgehead atoms. The Labute approximate surface area is 169 Å². The Balaban J connectivity index is 1.80. The van der Waals surface area contributed by atoms with Crippen LogP contribution in [0.4, 0.5) is 9.52 Å². The van der Waals surface area contributed by atoms with Crippen LogP contribution in [0.3, 0.4) is 0 Å². The van der Waals surface area contributed by atoms with Gasteiger partial charge in [-0.3, -0.25) is 19.5 Å². The molecule has 0 atom stereocenters. The van der Waals surface area contributed by atoms with Gasteiger partial charge in [-0.1, -0.05) is 11.8 Å². The third kappa shape index (κ3) is 4.57. The number of rotatable bonds is 7. The Kier molecular flexibility index (Phi) is 6.42. The number of anilines is 1. The number of nitrogens with zero attached hydrogens (tertiary/aromatic N) is 3. The Morgan fingerprint density at radius 3 is 2.75 bits per heavy atom. The molecule has 2 aromatic heterocycles. The zero-order valence-electron chi connectivity index (χ0n) is 15.1. The van der Waals surface area contributed by atoms with Gasteiger partial charge in [-0.2, -0.15) is 0 Å². The summed E-state index contributed by atoms with van der Waals surface area (Å²) in [6, 6.07) is 5.80. The van der Waals surface area contributed by atoms with E-state index in [1.165, 1.54) is 41.4 Å². The molecule has 1 amide bonds. The van der Waals surface area contributed by atoms with E-state index in [1.807, 2.05) is 6.26 Å². The number of carbonyl (C=O) groups excluding carboxylic acids is 2. The molecule has 7 nitrogen and oxygen atoms in total. The molecule has 3 aromatic rings. The highest BCUT2D eigenvalue weighted by atomic mass is 32.2. The van der Waals surface area contributed by atoms with Crippen LogP contribution in [0, 0.1) is 5.82 Å². The summed E-state index contributed by atoms with van der Waals surface area (Å²) in [7, 11) is 0. The van der Waals surface area contributed by atoms with E-state index in [0.29, 0.717) is 28.3 Å². The lowest BCUT2D eigenvalue weighted by Gasteiger charge is -2.10. The molecule has 0 saturated heterocycles. The van der Waals surface area contributed by atoms with Gasteiger partial charge in [0.1, 0.15) is 11.5 Å². The molecule has 0 aliphatic carbocycles. The number of carbonyl (C=O) groups is 2. The van der Waals surface area contributed by atoms with Crippen LogP contribution >= 0.6 is 23.1 Å². The highest BCUT2D eigenvalue weighted by Crippen LogP contribution is 2.23. The molecule has 1 N–H and O–H groups in total. The number of amides is 1. The minimum Gasteiger partial charge on any atom is -0.466 e. The number of ether oxygens (including phenoxy) is 1. The number of aromatic nitrogens is 3. The molecular formula is C18H17FN4O3S2. The molecule has 2 heterocycles. The van der Waals surface area contributed by atoms with Gasteiger partial charge in [-0.05, 0) is 37.4 Å². The van der Waals surface area contributed by atoms with E-state index in [1.54, 1.807) is 29.0 Å². The summed E-state index contributed by atoms with van der Waals surface area (Å²) in [5.74, 6) is -1.14. The van der Waals surface area contributed by atoms with Crippen molar-refractivity contribution in [3.63, 3.8) is 0 Å². The van der Waals surface area contributed by atoms with Crippen LogP contribution in [0.5, 0.6) is 0 Å². The summed E-state index contributed by atoms with van der Waals surface area (Å²) in [5, 5.41) is 5.37. The average Bonchev–Trinajstić information content (AvgIpc) is 3.29. The van der Waals surface area contributed by atoms with Crippen LogP contribution in [-0.2, 0) is 16.0 Å². The molecule has 0 unspecified atom stereocenters. The minimum atomic E-state index is -0.408. The smallest absolute Gasteiger partial charge is 0.311 e. The number of hydrogen-bond donors (Lipinski definition) is 1. The maximum atomic E-state index is 13.2. The number of thioether (sulfide) groups is 1. The van der Waals surface area contributed by atoms with E-state index in [2.05, 4.69) is 15.3 Å². The second-order valence-corrected chi connectivity index (χ2v) is 7.15. The molecular weight excluding hydrogens is 403 g/mol. The second kappa shape index (κ2) is 8.98. The normalized spacial score (nSPS) is 10.7. The number of nitrogens with one attached hydrogen (secondary N) is 1. The summed E-state index contributed by atoms with van der Waals surface area (Å²) < 4.78 is 19.8. The molecule has 3 rings (SSSR count). The highest BCUT2D eigenvalue weighted by Gasteiger charge is 2.19. The van der Waals surface area contributed by atoms with Crippen molar-refractivity contribution in [3.05, 3.63) is 53.0 Å². The zero-order valence-corrected chi connectivity index (χ0v) is 16.8. The zero-order chi connectivity index (χ0) is 20.1. The SMILES string of the molecule is CCOC(=O)Cc1csc(NC(=O)c2cnc(SC)n2-c2ccc(F)cc2)n1. The van der Waals surface area contributed by atoms with Crippen molar-refractivity contribution in [1.82, 2.24) is 14.5 Å². The van der Waals surface area contributed by atoms with Gasteiger partial charge in [-0.25, -0.2) is 14.4 Å². The van der Waals surface area contributed by atoms with Crippen molar-refractivity contribution in [2.24, 2.45) is 0 Å². The first-order valence-electron chi connectivity index (χ1n) is 8.30. The van der Waals surface area contributed by atoms with Crippen LogP contribution < -0.4 is 5.32 Å². The first kappa shape index (κ1) is 20.0. The van der Waals surface area contributed by atoms with Crippen LogP contribution in [0.25, 0.3) is 5.69 Å². The number of esters is 1. The quantitative estimate of drug-likeness (QED) is 0.465. The Morgan fingerprint density at radius 1 is 1.32 bits per heavy atom. The Bertz CT molecular complexity index is 985. The van der Waals surface area contributed by atoms with Gasteiger partial charge in [0.05, 0.1) is 24.9 Å². The monoisotopic (exact) mass is 420 g/mol. The fourth-order valence-electron chi connectivity index (χ4n) is 2.45. The Morgan fingerprint density at radius 2 is 2.07 bits per heavy atom. The van der Waals surface area contributed by atoms with Crippen molar-refractivity contribution in [3.8, 4) is 5.69 Å². The first-order chi connectivity index (χ1) is 13.5. The number of hydrogen-bond acceptors (Lipinski definition) is 7. The van der Waals surface area contributed by atoms with Gasteiger partial charge >= 0.3 is 5.97 Å². The summed E-state index contributed by atoms with van der Waals surface area (Å²) in [6.45, 7) is 2.04. The summed E-state index contributed by atoms with van der Waals surface area (Å²) in [4.78, 5) is 32.8. The van der Waals surface area contributed by atoms with Gasteiger partial charge in [-0.15, -0.1) is 11.3 Å². The number of halogens is 1. The predicted molar refractivity (Wildman–Crippen MR) is 106 cm³/mol. The fraction of sp³-hybridized carbons (Fsp3) is 0.222. The maximum Gasteiger partial charge on any atom is 0.311 e. The minimum absolute atomic E-state index is 0.0460. The van der Waals surface area contributed by atoms with Crippen molar-refractivity contribution < 1.29 is 18.7 Å². The number of benzene rings is 1. The molecule has 0 spiro atoms. The summed E-state index contributed by atoms with van der Waals surface area (Å²) in [5.41, 5.74) is 1.43. The standard InChI is InChI=1S/C18H17FN4O3S2/c1-3-26-15(24)8-12-10-28-17(21-12)22-16(25)14-9-20-18(27-2)23(14)13-6-4-11(19)5-7-13/h4-7,9-10H,3,8H2,1-2H3,(H,21,22,25). The van der Waals surface area contributed by atoms with Crippen LogP contribution in [0.15, 0.2) is 41.0 Å². The van der Waals surface area contributed by atoms with E-state index in [-0.39, 0.29) is 23.9 Å². The van der Waals surface area contributed by atoms with Crippen LogP contribution in [0.2, 0.25) is 0 Å². The number of imidazole rings is 1. The molecule has 0 aliphatic rings. The molecule has 28 heavy (non-hydrogen) atoms. The lowest BCUT2D eigenvalue weighted by molar-refractivity contribution is -0.142. The molecule has 0 saturated carbocycles. The first-order valence-corrected chi connectivity index (χ1v) is 10.4. The second-order valence-electron chi connectivity index (χ2n) is 5.52. The summed E-state index contributed by atoms with van der Waals surface area (Å²) in [6.07, 6.45) is 3.34. The molecule has 10 heteroatoms. The molecule has 0 fully saturated rings. The van der Waals surface area contributed by atoms with Crippen LogP contribution in [-0.4, -0.2) is 39.3 Å². The van der Waals surface area contributed by atoms with Gasteiger partial charge in [0, 0.05) is 11.1 Å². The van der Waals surface area contributed by atoms with E-state index in [9.17, 15) is 14.0 Å². The molecule has 146 valence electrons. The topological polar surface area (TPSA) is 86.1 Å². The van der Waals surface area contributed by atoms with Gasteiger partial charge in [0.15, 0.2) is 10.3 Å². The van der Waals surface area contributed by atoms with Gasteiger partial charge in [0.25, 0.3) is 5.91 Å². The largest absolute Gasteiger partial charge is 0.466 e. The van der Waals surface area contributed by atoms with Gasteiger partial charge < -0.3 is 4.74 Å².